The quantitative estimate of drug-likeness (QED) is 0.764. The first-order valence-electron chi connectivity index (χ1n) is 6.74. The van der Waals surface area contributed by atoms with Crippen molar-refractivity contribution in [1.29, 1.82) is 0 Å². The molecule has 0 aliphatic rings. The number of halogens is 1. The van der Waals surface area contributed by atoms with Crippen LogP contribution in [-0.2, 0) is 11.3 Å². The predicted molar refractivity (Wildman–Crippen MR) is 81.6 cm³/mol. The Labute approximate surface area is 124 Å². The number of aromatic nitrogens is 2. The minimum Gasteiger partial charge on any atom is -0.494 e. The Morgan fingerprint density at radius 1 is 1.30 bits per heavy atom. The number of rotatable bonds is 6. The van der Waals surface area contributed by atoms with Crippen LogP contribution in [0.15, 0.2) is 18.2 Å². The fourth-order valence-electron chi connectivity index (χ4n) is 2.45. The maximum absolute atomic E-state index is 6.28. The first kappa shape index (κ1) is 15.1. The molecule has 0 amide bonds. The number of alkyl halides is 1. The Hall–Kier alpha value is -1.26. The minimum atomic E-state index is -0.151. The van der Waals surface area contributed by atoms with Crippen molar-refractivity contribution >= 4 is 22.6 Å². The van der Waals surface area contributed by atoms with E-state index in [0.717, 1.165) is 29.2 Å². The average Bonchev–Trinajstić information content (AvgIpc) is 2.78. The molecule has 2 aromatic rings. The molecular weight excluding hydrogens is 276 g/mol. The number of para-hydroxylation sites is 1. The van der Waals surface area contributed by atoms with Gasteiger partial charge in [0.05, 0.1) is 24.6 Å². The van der Waals surface area contributed by atoms with Crippen molar-refractivity contribution < 1.29 is 9.47 Å². The summed E-state index contributed by atoms with van der Waals surface area (Å²) < 4.78 is 12.8. The average molecular weight is 297 g/mol. The molecule has 0 aliphatic heterocycles. The first-order valence-corrected chi connectivity index (χ1v) is 7.18. The molecular formula is C15H21ClN2O2. The molecule has 0 bridgehead atoms. The summed E-state index contributed by atoms with van der Waals surface area (Å²) in [6, 6.07) is 5.94. The first-order chi connectivity index (χ1) is 9.58. The van der Waals surface area contributed by atoms with Gasteiger partial charge in [-0.05, 0) is 25.0 Å². The van der Waals surface area contributed by atoms with Crippen molar-refractivity contribution in [2.45, 2.75) is 25.8 Å². The van der Waals surface area contributed by atoms with E-state index in [1.807, 2.05) is 25.1 Å². The standard InChI is InChI=1S/C15H21ClN2O2/c1-10(9-19-3)8-18-12-6-5-7-13(20-4)14(12)17-15(18)11(2)16/h5-7,10-11H,8-9H2,1-4H3. The van der Waals surface area contributed by atoms with Crippen LogP contribution in [0.1, 0.15) is 25.0 Å². The van der Waals surface area contributed by atoms with Crippen molar-refractivity contribution in [1.82, 2.24) is 9.55 Å². The summed E-state index contributed by atoms with van der Waals surface area (Å²) in [5.41, 5.74) is 1.91. The Bertz CT molecular complexity index is 581. The van der Waals surface area contributed by atoms with Gasteiger partial charge in [-0.1, -0.05) is 13.0 Å². The number of hydrogen-bond acceptors (Lipinski definition) is 3. The summed E-state index contributed by atoms with van der Waals surface area (Å²) in [5, 5.41) is -0.151. The number of ether oxygens (including phenoxy) is 2. The summed E-state index contributed by atoms with van der Waals surface area (Å²) in [6.07, 6.45) is 0. The van der Waals surface area contributed by atoms with Crippen LogP contribution in [0.2, 0.25) is 0 Å². The van der Waals surface area contributed by atoms with Crippen LogP contribution in [0.5, 0.6) is 5.75 Å². The van der Waals surface area contributed by atoms with E-state index in [1.54, 1.807) is 14.2 Å². The third-order valence-electron chi connectivity index (χ3n) is 3.29. The minimum absolute atomic E-state index is 0.151. The molecule has 0 N–H and O–H groups in total. The molecule has 2 atom stereocenters. The van der Waals surface area contributed by atoms with Crippen LogP contribution in [0.4, 0.5) is 0 Å². The second-order valence-electron chi connectivity index (χ2n) is 5.09. The zero-order valence-electron chi connectivity index (χ0n) is 12.4. The van der Waals surface area contributed by atoms with Crippen LogP contribution in [-0.4, -0.2) is 30.4 Å². The molecule has 20 heavy (non-hydrogen) atoms. The van der Waals surface area contributed by atoms with Crippen LogP contribution in [0, 0.1) is 5.92 Å². The van der Waals surface area contributed by atoms with E-state index < -0.39 is 0 Å². The molecule has 4 nitrogen and oxygen atoms in total. The zero-order valence-corrected chi connectivity index (χ0v) is 13.1. The predicted octanol–water partition coefficient (Wildman–Crippen LogP) is 3.63. The molecule has 0 radical (unpaired) electrons. The monoisotopic (exact) mass is 296 g/mol. The lowest BCUT2D eigenvalue weighted by Gasteiger charge is -2.15. The summed E-state index contributed by atoms with van der Waals surface area (Å²) in [7, 11) is 3.38. The van der Waals surface area contributed by atoms with E-state index in [1.165, 1.54) is 0 Å². The van der Waals surface area contributed by atoms with Gasteiger partial charge in [0.2, 0.25) is 0 Å². The number of imidazole rings is 1. The number of fused-ring (bicyclic) bond motifs is 1. The molecule has 110 valence electrons. The summed E-state index contributed by atoms with van der Waals surface area (Å²) in [4.78, 5) is 4.66. The third kappa shape index (κ3) is 2.91. The molecule has 0 fully saturated rings. The highest BCUT2D eigenvalue weighted by Gasteiger charge is 2.18. The number of methoxy groups -OCH3 is 2. The van der Waals surface area contributed by atoms with E-state index in [4.69, 9.17) is 21.1 Å². The van der Waals surface area contributed by atoms with Crippen molar-refractivity contribution in [3.63, 3.8) is 0 Å². The summed E-state index contributed by atoms with van der Waals surface area (Å²) >= 11 is 6.28. The van der Waals surface area contributed by atoms with Gasteiger partial charge in [0, 0.05) is 13.7 Å². The van der Waals surface area contributed by atoms with Gasteiger partial charge in [-0.3, -0.25) is 0 Å². The number of benzene rings is 1. The van der Waals surface area contributed by atoms with Crippen LogP contribution >= 0.6 is 11.6 Å². The highest BCUT2D eigenvalue weighted by molar-refractivity contribution is 6.20. The van der Waals surface area contributed by atoms with Crippen molar-refractivity contribution in [2.75, 3.05) is 20.8 Å². The van der Waals surface area contributed by atoms with E-state index >= 15 is 0 Å². The van der Waals surface area contributed by atoms with Gasteiger partial charge in [-0.25, -0.2) is 4.98 Å². The molecule has 1 aromatic heterocycles. The topological polar surface area (TPSA) is 36.3 Å². The van der Waals surface area contributed by atoms with Crippen molar-refractivity contribution in [3.8, 4) is 5.75 Å². The largest absolute Gasteiger partial charge is 0.494 e. The maximum atomic E-state index is 6.28. The summed E-state index contributed by atoms with van der Waals surface area (Å²) in [6.45, 7) is 5.62. The van der Waals surface area contributed by atoms with Crippen molar-refractivity contribution in [3.05, 3.63) is 24.0 Å². The van der Waals surface area contributed by atoms with Gasteiger partial charge in [0.25, 0.3) is 0 Å². The molecule has 0 saturated heterocycles. The fourth-order valence-corrected chi connectivity index (χ4v) is 2.62. The zero-order chi connectivity index (χ0) is 14.7. The molecule has 1 aromatic carbocycles. The second kappa shape index (κ2) is 6.46. The van der Waals surface area contributed by atoms with Gasteiger partial charge >= 0.3 is 0 Å². The maximum Gasteiger partial charge on any atom is 0.146 e. The van der Waals surface area contributed by atoms with Gasteiger partial charge in [0.15, 0.2) is 0 Å². The molecule has 0 aliphatic carbocycles. The lowest BCUT2D eigenvalue weighted by molar-refractivity contribution is 0.151. The van der Waals surface area contributed by atoms with Gasteiger partial charge in [-0.2, -0.15) is 0 Å². The molecule has 2 unspecified atom stereocenters. The number of hydrogen-bond donors (Lipinski definition) is 0. The Morgan fingerprint density at radius 3 is 2.65 bits per heavy atom. The normalized spacial score (nSPS) is 14.4. The van der Waals surface area contributed by atoms with Gasteiger partial charge in [-0.15, -0.1) is 11.6 Å². The molecule has 0 spiro atoms. The highest BCUT2D eigenvalue weighted by atomic mass is 35.5. The summed E-state index contributed by atoms with van der Waals surface area (Å²) in [5.74, 6) is 2.03. The SMILES string of the molecule is COCC(C)Cn1c(C(C)Cl)nc2c(OC)cccc21. The molecule has 1 heterocycles. The lowest BCUT2D eigenvalue weighted by atomic mass is 10.2. The Balaban J connectivity index is 2.52. The molecule has 5 heteroatoms. The van der Waals surface area contributed by atoms with Gasteiger partial charge < -0.3 is 14.0 Å². The van der Waals surface area contributed by atoms with Crippen LogP contribution in [0.25, 0.3) is 11.0 Å². The Kier molecular flexibility index (Phi) is 4.89. The van der Waals surface area contributed by atoms with Crippen LogP contribution in [0.3, 0.4) is 0 Å². The third-order valence-corrected chi connectivity index (χ3v) is 3.49. The smallest absolute Gasteiger partial charge is 0.146 e. The molecule has 0 saturated carbocycles. The van der Waals surface area contributed by atoms with E-state index in [2.05, 4.69) is 16.5 Å². The van der Waals surface area contributed by atoms with Crippen molar-refractivity contribution in [2.24, 2.45) is 5.92 Å². The highest BCUT2D eigenvalue weighted by Crippen LogP contribution is 2.30. The van der Waals surface area contributed by atoms with E-state index in [9.17, 15) is 0 Å². The number of nitrogens with zero attached hydrogens (tertiary/aromatic N) is 2. The lowest BCUT2D eigenvalue weighted by Crippen LogP contribution is -2.15. The van der Waals surface area contributed by atoms with Crippen LogP contribution < -0.4 is 4.74 Å². The second-order valence-corrected chi connectivity index (χ2v) is 5.74. The van der Waals surface area contributed by atoms with Gasteiger partial charge in [0.1, 0.15) is 17.1 Å². The fraction of sp³-hybridized carbons (Fsp3) is 0.533. The Morgan fingerprint density at radius 2 is 2.05 bits per heavy atom. The molecule has 2 rings (SSSR count). The van der Waals surface area contributed by atoms with E-state index in [0.29, 0.717) is 12.5 Å². The van der Waals surface area contributed by atoms with E-state index in [-0.39, 0.29) is 5.38 Å².